The standard InChI is InChI=1S/C20H21NO4/c1-4-13-25-18-11-9-15(14-19(18)24-3)10-12-20(22)21-16-7-5-6-8-17(16)23-2/h4-12,14H,1,13H2,2-3H3,(H,21,22)/b12-10+. The summed E-state index contributed by atoms with van der Waals surface area (Å²) in [6, 6.07) is 12.7. The minimum atomic E-state index is -0.254. The van der Waals surface area contributed by atoms with Gasteiger partial charge < -0.3 is 19.5 Å². The van der Waals surface area contributed by atoms with Crippen molar-refractivity contribution in [2.75, 3.05) is 26.1 Å². The number of methoxy groups -OCH3 is 2. The first kappa shape index (κ1) is 18.1. The molecule has 0 radical (unpaired) electrons. The summed E-state index contributed by atoms with van der Waals surface area (Å²) in [5.74, 6) is 1.57. The number of carbonyl (C=O) groups is 1. The Kier molecular flexibility index (Phi) is 6.65. The molecule has 0 aliphatic heterocycles. The molecular weight excluding hydrogens is 318 g/mol. The largest absolute Gasteiger partial charge is 0.495 e. The van der Waals surface area contributed by atoms with E-state index in [-0.39, 0.29) is 5.91 Å². The summed E-state index contributed by atoms with van der Waals surface area (Å²) in [7, 11) is 3.13. The Bertz CT molecular complexity index is 768. The van der Waals surface area contributed by atoms with Gasteiger partial charge in [-0.25, -0.2) is 0 Å². The van der Waals surface area contributed by atoms with Gasteiger partial charge in [-0.15, -0.1) is 0 Å². The van der Waals surface area contributed by atoms with Crippen LogP contribution < -0.4 is 19.5 Å². The second-order valence-corrected chi connectivity index (χ2v) is 5.03. The minimum absolute atomic E-state index is 0.254. The molecule has 5 nitrogen and oxygen atoms in total. The molecule has 0 saturated heterocycles. The molecule has 2 rings (SSSR count). The fraction of sp³-hybridized carbons (Fsp3) is 0.150. The van der Waals surface area contributed by atoms with Crippen molar-refractivity contribution in [2.45, 2.75) is 0 Å². The molecule has 0 unspecified atom stereocenters. The average molecular weight is 339 g/mol. The monoisotopic (exact) mass is 339 g/mol. The van der Waals surface area contributed by atoms with Crippen molar-refractivity contribution >= 4 is 17.7 Å². The van der Waals surface area contributed by atoms with E-state index in [0.717, 1.165) is 5.56 Å². The number of ether oxygens (including phenoxy) is 3. The van der Waals surface area contributed by atoms with Crippen molar-refractivity contribution in [2.24, 2.45) is 0 Å². The third kappa shape index (κ3) is 5.14. The molecule has 0 bridgehead atoms. The van der Waals surface area contributed by atoms with E-state index in [0.29, 0.717) is 29.5 Å². The van der Waals surface area contributed by atoms with Crippen molar-refractivity contribution in [1.29, 1.82) is 0 Å². The third-order valence-corrected chi connectivity index (χ3v) is 3.34. The number of hydrogen-bond donors (Lipinski definition) is 1. The molecular formula is C20H21NO4. The third-order valence-electron chi connectivity index (χ3n) is 3.34. The van der Waals surface area contributed by atoms with Gasteiger partial charge in [-0.2, -0.15) is 0 Å². The minimum Gasteiger partial charge on any atom is -0.495 e. The Morgan fingerprint density at radius 3 is 2.56 bits per heavy atom. The number of rotatable bonds is 8. The number of carbonyl (C=O) groups excluding carboxylic acids is 1. The van der Waals surface area contributed by atoms with Gasteiger partial charge in [0.05, 0.1) is 19.9 Å². The molecule has 1 amide bonds. The summed E-state index contributed by atoms with van der Waals surface area (Å²) in [4.78, 5) is 12.1. The predicted molar refractivity (Wildman–Crippen MR) is 99.3 cm³/mol. The van der Waals surface area contributed by atoms with Crippen LogP contribution >= 0.6 is 0 Å². The summed E-state index contributed by atoms with van der Waals surface area (Å²) in [6.07, 6.45) is 4.81. The van der Waals surface area contributed by atoms with Crippen LogP contribution in [-0.4, -0.2) is 26.7 Å². The van der Waals surface area contributed by atoms with E-state index in [1.807, 2.05) is 18.2 Å². The molecule has 0 aliphatic carbocycles. The van der Waals surface area contributed by atoms with E-state index in [9.17, 15) is 4.79 Å². The Hall–Kier alpha value is -3.21. The molecule has 0 aliphatic rings. The Balaban J connectivity index is 2.07. The van der Waals surface area contributed by atoms with Crippen molar-refractivity contribution in [1.82, 2.24) is 0 Å². The van der Waals surface area contributed by atoms with E-state index in [4.69, 9.17) is 14.2 Å². The lowest BCUT2D eigenvalue weighted by molar-refractivity contribution is -0.111. The van der Waals surface area contributed by atoms with Crippen LogP contribution in [0.3, 0.4) is 0 Å². The second kappa shape index (κ2) is 9.17. The summed E-state index contributed by atoms with van der Waals surface area (Å²) in [5.41, 5.74) is 1.43. The van der Waals surface area contributed by atoms with Gasteiger partial charge in [-0.1, -0.05) is 30.9 Å². The molecule has 0 fully saturated rings. The first-order valence-electron chi connectivity index (χ1n) is 7.71. The second-order valence-electron chi connectivity index (χ2n) is 5.03. The fourth-order valence-electron chi connectivity index (χ4n) is 2.15. The van der Waals surface area contributed by atoms with Crippen LogP contribution in [0.1, 0.15) is 5.56 Å². The normalized spacial score (nSPS) is 10.3. The van der Waals surface area contributed by atoms with Crippen molar-refractivity contribution in [3.05, 3.63) is 66.8 Å². The van der Waals surface area contributed by atoms with Crippen LogP contribution in [0.5, 0.6) is 17.2 Å². The van der Waals surface area contributed by atoms with Gasteiger partial charge in [-0.05, 0) is 35.9 Å². The molecule has 1 N–H and O–H groups in total. The highest BCUT2D eigenvalue weighted by molar-refractivity contribution is 6.02. The highest BCUT2D eigenvalue weighted by Crippen LogP contribution is 2.28. The van der Waals surface area contributed by atoms with Crippen LogP contribution in [0, 0.1) is 0 Å². The van der Waals surface area contributed by atoms with E-state index < -0.39 is 0 Å². The molecule has 130 valence electrons. The molecule has 0 heterocycles. The van der Waals surface area contributed by atoms with Crippen molar-refractivity contribution in [3.8, 4) is 17.2 Å². The van der Waals surface area contributed by atoms with Gasteiger partial charge in [0.1, 0.15) is 12.4 Å². The quantitative estimate of drug-likeness (QED) is 0.585. The molecule has 0 aromatic heterocycles. The molecule has 2 aromatic carbocycles. The number of anilines is 1. The van der Waals surface area contributed by atoms with E-state index in [1.54, 1.807) is 50.6 Å². The zero-order valence-corrected chi connectivity index (χ0v) is 14.3. The number of para-hydroxylation sites is 2. The molecule has 0 saturated carbocycles. The van der Waals surface area contributed by atoms with Crippen molar-refractivity contribution in [3.63, 3.8) is 0 Å². The first-order valence-corrected chi connectivity index (χ1v) is 7.71. The van der Waals surface area contributed by atoms with Gasteiger partial charge >= 0.3 is 0 Å². The summed E-state index contributed by atoms with van der Waals surface area (Å²) in [5, 5.41) is 2.78. The van der Waals surface area contributed by atoms with E-state index in [1.165, 1.54) is 6.08 Å². The fourth-order valence-corrected chi connectivity index (χ4v) is 2.15. The zero-order valence-electron chi connectivity index (χ0n) is 14.3. The topological polar surface area (TPSA) is 56.8 Å². The van der Waals surface area contributed by atoms with Gasteiger partial charge in [0.15, 0.2) is 11.5 Å². The zero-order chi connectivity index (χ0) is 18.1. The molecule has 0 atom stereocenters. The van der Waals surface area contributed by atoms with E-state index >= 15 is 0 Å². The lowest BCUT2D eigenvalue weighted by atomic mass is 10.2. The average Bonchev–Trinajstić information content (AvgIpc) is 2.65. The smallest absolute Gasteiger partial charge is 0.248 e. The number of benzene rings is 2. The molecule has 0 spiro atoms. The molecule has 25 heavy (non-hydrogen) atoms. The van der Waals surface area contributed by atoms with Gasteiger partial charge in [-0.3, -0.25) is 4.79 Å². The van der Waals surface area contributed by atoms with Crippen LogP contribution in [0.15, 0.2) is 61.2 Å². The maximum Gasteiger partial charge on any atom is 0.248 e. The number of nitrogens with one attached hydrogen (secondary N) is 1. The van der Waals surface area contributed by atoms with Crippen LogP contribution in [0.2, 0.25) is 0 Å². The van der Waals surface area contributed by atoms with Gasteiger partial charge in [0.2, 0.25) is 5.91 Å². The van der Waals surface area contributed by atoms with E-state index in [2.05, 4.69) is 11.9 Å². The van der Waals surface area contributed by atoms with Gasteiger partial charge in [0.25, 0.3) is 0 Å². The van der Waals surface area contributed by atoms with Gasteiger partial charge in [0, 0.05) is 6.08 Å². The highest BCUT2D eigenvalue weighted by Gasteiger charge is 2.06. The Labute approximate surface area is 147 Å². The summed E-state index contributed by atoms with van der Waals surface area (Å²) < 4.78 is 16.0. The van der Waals surface area contributed by atoms with Crippen LogP contribution in [0.25, 0.3) is 6.08 Å². The van der Waals surface area contributed by atoms with Crippen LogP contribution in [0.4, 0.5) is 5.69 Å². The number of amides is 1. The first-order chi connectivity index (χ1) is 12.2. The maximum absolute atomic E-state index is 12.1. The summed E-state index contributed by atoms with van der Waals surface area (Å²) >= 11 is 0. The SMILES string of the molecule is C=CCOc1ccc(/C=C/C(=O)Nc2ccccc2OC)cc1OC. The lowest BCUT2D eigenvalue weighted by Gasteiger charge is -2.10. The predicted octanol–water partition coefficient (Wildman–Crippen LogP) is 3.92. The van der Waals surface area contributed by atoms with Crippen molar-refractivity contribution < 1.29 is 19.0 Å². The molecule has 5 heteroatoms. The highest BCUT2D eigenvalue weighted by atomic mass is 16.5. The Morgan fingerprint density at radius 1 is 1.08 bits per heavy atom. The number of hydrogen-bond acceptors (Lipinski definition) is 4. The Morgan fingerprint density at radius 2 is 1.84 bits per heavy atom. The van der Waals surface area contributed by atoms with Crippen LogP contribution in [-0.2, 0) is 4.79 Å². The maximum atomic E-state index is 12.1. The molecule has 2 aromatic rings. The summed E-state index contributed by atoms with van der Waals surface area (Å²) in [6.45, 7) is 4.01. The lowest BCUT2D eigenvalue weighted by Crippen LogP contribution is -2.08.